The van der Waals surface area contributed by atoms with Crippen molar-refractivity contribution in [1.29, 1.82) is 0 Å². The molecule has 0 aliphatic rings. The summed E-state index contributed by atoms with van der Waals surface area (Å²) in [7, 11) is 0. The van der Waals surface area contributed by atoms with Gasteiger partial charge in [-0.1, -0.05) is 0 Å². The molecule has 2 rings (SSSR count). The number of hydrogen-bond donors (Lipinski definition) is 0. The number of hydrogen-bond acceptors (Lipinski definition) is 0. The van der Waals surface area contributed by atoms with Gasteiger partial charge in [0.2, 0.25) is 0 Å². The number of alkyl halides is 6. The van der Waals surface area contributed by atoms with Crippen molar-refractivity contribution in [1.82, 2.24) is 0 Å². The minimum Gasteiger partial charge on any atom is -0.358 e. The second-order valence-corrected chi connectivity index (χ2v) is 4.17. The van der Waals surface area contributed by atoms with Crippen molar-refractivity contribution in [2.24, 2.45) is 0 Å². The van der Waals surface area contributed by atoms with Gasteiger partial charge in [0, 0.05) is 12.8 Å². The quantitative estimate of drug-likeness (QED) is 0.422. The van der Waals surface area contributed by atoms with Gasteiger partial charge in [0.15, 0.2) is 0 Å². The average Bonchev–Trinajstić information content (AvgIpc) is 2.87. The van der Waals surface area contributed by atoms with E-state index in [1.807, 2.05) is 0 Å². The molecule has 0 aromatic heterocycles. The van der Waals surface area contributed by atoms with Crippen LogP contribution in [-0.2, 0) is 39.0 Å². The fourth-order valence-corrected chi connectivity index (χ4v) is 1.53. The van der Waals surface area contributed by atoms with E-state index in [9.17, 15) is 26.3 Å². The SMILES string of the molecule is FC(F)(F)C[c-]1cccc1.FC(F)(F)C[c-]1cccc1.[CH3-].[CH3-].[Zr+4]. The minimum absolute atomic E-state index is 0. The molecule has 0 aliphatic carbocycles. The van der Waals surface area contributed by atoms with Crippen LogP contribution in [0.3, 0.4) is 0 Å². The fourth-order valence-electron chi connectivity index (χ4n) is 1.53. The van der Waals surface area contributed by atoms with Crippen LogP contribution in [0, 0.1) is 14.9 Å². The van der Waals surface area contributed by atoms with Crippen molar-refractivity contribution in [3.8, 4) is 0 Å². The van der Waals surface area contributed by atoms with Gasteiger partial charge >= 0.3 is 38.6 Å². The maximum Gasteiger partial charge on any atom is 4.00 e. The third kappa shape index (κ3) is 14.5. The fraction of sp³-hybridized carbons (Fsp3) is 0.250. The summed E-state index contributed by atoms with van der Waals surface area (Å²) in [5, 5.41) is 0. The van der Waals surface area contributed by atoms with E-state index in [2.05, 4.69) is 0 Å². The summed E-state index contributed by atoms with van der Waals surface area (Å²) in [6.07, 6.45) is -9.79. The van der Waals surface area contributed by atoms with Crippen LogP contribution in [0.5, 0.6) is 0 Å². The molecule has 0 saturated heterocycles. The summed E-state index contributed by atoms with van der Waals surface area (Å²) in [4.78, 5) is 0. The van der Waals surface area contributed by atoms with E-state index in [0.717, 1.165) is 0 Å². The predicted molar refractivity (Wildman–Crippen MR) is 76.4 cm³/mol. The zero-order chi connectivity index (χ0) is 15.2. The van der Waals surface area contributed by atoms with Crippen molar-refractivity contribution in [2.75, 3.05) is 0 Å². The molecule has 0 bridgehead atoms. The van der Waals surface area contributed by atoms with Gasteiger partial charge in [-0.15, -0.1) is 11.1 Å². The summed E-state index contributed by atoms with van der Waals surface area (Å²) < 4.78 is 69.7. The molecule has 0 atom stereocenters. The molecule has 23 heavy (non-hydrogen) atoms. The van der Waals surface area contributed by atoms with Gasteiger partial charge in [-0.05, 0) is 0 Å². The van der Waals surface area contributed by atoms with Gasteiger partial charge in [-0.25, -0.2) is 24.3 Å². The molecular weight excluding hydrogens is 397 g/mol. The van der Waals surface area contributed by atoms with Gasteiger partial charge in [0.1, 0.15) is 0 Å². The Bertz CT molecular complexity index is 419. The largest absolute Gasteiger partial charge is 4.00 e. The van der Waals surface area contributed by atoms with Crippen LogP contribution in [0.15, 0.2) is 48.5 Å². The van der Waals surface area contributed by atoms with Gasteiger partial charge in [-0.2, -0.15) is 50.6 Å². The average molecular weight is 416 g/mol. The zero-order valence-corrected chi connectivity index (χ0v) is 15.3. The van der Waals surface area contributed by atoms with Crippen LogP contribution in [0.1, 0.15) is 11.1 Å². The van der Waals surface area contributed by atoms with Gasteiger partial charge < -0.3 is 14.9 Å². The summed E-state index contributed by atoms with van der Waals surface area (Å²) in [6, 6.07) is 12.3. The Labute approximate surface area is 152 Å². The van der Waals surface area contributed by atoms with Gasteiger partial charge in [-0.3, -0.25) is 0 Å². The predicted octanol–water partition coefficient (Wildman–Crippen LogP) is 5.92. The molecular formula is C16H18F6Zr. The van der Waals surface area contributed by atoms with Crippen LogP contribution in [0.25, 0.3) is 0 Å². The molecule has 0 unspecified atom stereocenters. The molecule has 7 heteroatoms. The smallest absolute Gasteiger partial charge is 0.358 e. The van der Waals surface area contributed by atoms with Crippen LogP contribution >= 0.6 is 0 Å². The van der Waals surface area contributed by atoms with Gasteiger partial charge in [0.05, 0.1) is 0 Å². The number of rotatable bonds is 2. The third-order valence-electron chi connectivity index (χ3n) is 2.27. The zero-order valence-electron chi connectivity index (χ0n) is 12.8. The Morgan fingerprint density at radius 3 is 0.957 bits per heavy atom. The first-order valence-corrected chi connectivity index (χ1v) is 5.70. The van der Waals surface area contributed by atoms with E-state index >= 15 is 0 Å². The van der Waals surface area contributed by atoms with E-state index in [4.69, 9.17) is 0 Å². The topological polar surface area (TPSA) is 0 Å². The summed E-state index contributed by atoms with van der Waals surface area (Å²) in [5.74, 6) is 0. The first-order chi connectivity index (χ1) is 9.16. The molecule has 0 nitrogen and oxygen atoms in total. The molecule has 2 aromatic carbocycles. The van der Waals surface area contributed by atoms with E-state index < -0.39 is 25.2 Å². The van der Waals surface area contributed by atoms with Crippen molar-refractivity contribution in [2.45, 2.75) is 25.2 Å². The molecule has 0 amide bonds. The Morgan fingerprint density at radius 1 is 0.565 bits per heavy atom. The second kappa shape index (κ2) is 11.7. The van der Waals surface area contributed by atoms with E-state index in [1.54, 1.807) is 24.3 Å². The molecule has 0 heterocycles. The van der Waals surface area contributed by atoms with Crippen molar-refractivity contribution in [3.63, 3.8) is 0 Å². The van der Waals surface area contributed by atoms with Crippen molar-refractivity contribution in [3.05, 3.63) is 74.5 Å². The molecule has 0 N–H and O–H groups in total. The maximum atomic E-state index is 11.6. The first-order valence-electron chi connectivity index (χ1n) is 5.70. The molecule has 0 saturated carbocycles. The molecule has 0 fully saturated rings. The van der Waals surface area contributed by atoms with Crippen molar-refractivity contribution >= 4 is 0 Å². The Kier molecular flexibility index (Phi) is 13.7. The van der Waals surface area contributed by atoms with E-state index in [-0.39, 0.29) is 41.1 Å². The molecule has 0 radical (unpaired) electrons. The van der Waals surface area contributed by atoms with E-state index in [0.29, 0.717) is 11.1 Å². The van der Waals surface area contributed by atoms with Crippen molar-refractivity contribution < 1.29 is 52.5 Å². The summed E-state index contributed by atoms with van der Waals surface area (Å²) in [6.45, 7) is 0. The Balaban J connectivity index is -0.000000308. The summed E-state index contributed by atoms with van der Waals surface area (Å²) in [5.41, 5.74) is 0.653. The minimum atomic E-state index is -4.08. The Morgan fingerprint density at radius 2 is 0.783 bits per heavy atom. The van der Waals surface area contributed by atoms with E-state index in [1.165, 1.54) is 24.3 Å². The summed E-state index contributed by atoms with van der Waals surface area (Å²) >= 11 is 0. The molecule has 0 aliphatic heterocycles. The second-order valence-electron chi connectivity index (χ2n) is 4.17. The van der Waals surface area contributed by atoms with Crippen LogP contribution < -0.4 is 0 Å². The maximum absolute atomic E-state index is 11.6. The third-order valence-corrected chi connectivity index (χ3v) is 2.27. The first kappa shape index (κ1) is 27.0. The standard InChI is InChI=1S/2C7H6F3.2CH3.Zr/c2*8-7(9,10)5-6-3-1-2-4-6;;;/h2*1-4H,5H2;2*1H3;/q4*-1;+4. The van der Waals surface area contributed by atoms with Crippen LogP contribution in [0.2, 0.25) is 0 Å². The molecule has 2 aromatic rings. The normalized spacial score (nSPS) is 10.3. The monoisotopic (exact) mass is 414 g/mol. The van der Waals surface area contributed by atoms with Crippen LogP contribution in [0.4, 0.5) is 26.3 Å². The van der Waals surface area contributed by atoms with Gasteiger partial charge in [0.25, 0.3) is 0 Å². The number of halogens is 6. The molecule has 128 valence electrons. The Hall–Kier alpha value is -0.837. The van der Waals surface area contributed by atoms with Crippen LogP contribution in [-0.4, -0.2) is 12.4 Å². The molecule has 0 spiro atoms.